The molecule has 0 aromatic heterocycles. The van der Waals surface area contributed by atoms with Crippen LogP contribution in [0.1, 0.15) is 58.4 Å². The number of hydrogen-bond acceptors (Lipinski definition) is 4. The Balaban J connectivity index is 3.29. The Bertz CT molecular complexity index is 445. The Kier molecular flexibility index (Phi) is 6.22. The van der Waals surface area contributed by atoms with Crippen LogP contribution in [0, 0.1) is 0 Å². The van der Waals surface area contributed by atoms with Crippen molar-refractivity contribution in [3.8, 4) is 11.5 Å². The van der Waals surface area contributed by atoms with Crippen LogP contribution >= 0.6 is 0 Å². The van der Waals surface area contributed by atoms with Gasteiger partial charge >= 0.3 is 11.9 Å². The Morgan fingerprint density at radius 1 is 1.05 bits per heavy atom. The molecule has 0 spiro atoms. The number of carbonyl (C=O) groups excluding carboxylic acids is 2. The molecule has 1 unspecified atom stereocenters. The Morgan fingerprint density at radius 3 is 1.90 bits per heavy atom. The van der Waals surface area contributed by atoms with Crippen LogP contribution in [-0.4, -0.2) is 11.9 Å². The quantitative estimate of drug-likeness (QED) is 0.586. The summed E-state index contributed by atoms with van der Waals surface area (Å²) >= 11 is 0. The number of benzene rings is 1. The zero-order valence-corrected chi connectivity index (χ0v) is 12.6. The van der Waals surface area contributed by atoms with Crippen LogP contribution in [0.3, 0.4) is 0 Å². The zero-order valence-electron chi connectivity index (χ0n) is 12.6. The molecule has 0 N–H and O–H groups in total. The molecule has 0 radical (unpaired) electrons. The summed E-state index contributed by atoms with van der Waals surface area (Å²) in [4.78, 5) is 22.5. The van der Waals surface area contributed by atoms with Crippen molar-refractivity contribution in [1.29, 1.82) is 0 Å². The second kappa shape index (κ2) is 7.68. The van der Waals surface area contributed by atoms with Crippen molar-refractivity contribution in [2.24, 2.45) is 0 Å². The molecular weight excluding hydrogens is 256 g/mol. The number of rotatable bonds is 6. The van der Waals surface area contributed by atoms with Crippen molar-refractivity contribution in [2.75, 3.05) is 0 Å². The molecule has 0 amide bonds. The third kappa shape index (κ3) is 4.37. The van der Waals surface area contributed by atoms with Gasteiger partial charge in [0.1, 0.15) is 11.5 Å². The number of hydrogen-bond donors (Lipinski definition) is 0. The summed E-state index contributed by atoms with van der Waals surface area (Å²) in [5.41, 5.74) is 0.808. The van der Waals surface area contributed by atoms with Gasteiger partial charge in [-0.25, -0.2) is 0 Å². The smallest absolute Gasteiger partial charge is 0.308 e. The van der Waals surface area contributed by atoms with E-state index in [0.29, 0.717) is 11.5 Å². The summed E-state index contributed by atoms with van der Waals surface area (Å²) in [6, 6.07) is 5.20. The Morgan fingerprint density at radius 2 is 1.55 bits per heavy atom. The molecule has 4 nitrogen and oxygen atoms in total. The largest absolute Gasteiger partial charge is 0.426 e. The molecule has 0 bridgehead atoms. The molecular formula is C16H22O4. The van der Waals surface area contributed by atoms with Crippen LogP contribution in [0.4, 0.5) is 0 Å². The zero-order chi connectivity index (χ0) is 15.1. The lowest BCUT2D eigenvalue weighted by Crippen LogP contribution is -2.11. The first-order chi connectivity index (χ1) is 9.49. The fraction of sp³-hybridized carbons (Fsp3) is 0.500. The highest BCUT2D eigenvalue weighted by Crippen LogP contribution is 2.39. The normalized spacial score (nSPS) is 11.8. The van der Waals surface area contributed by atoms with Gasteiger partial charge in [-0.1, -0.05) is 26.3 Å². The van der Waals surface area contributed by atoms with Gasteiger partial charge in [0.25, 0.3) is 0 Å². The van der Waals surface area contributed by atoms with E-state index in [0.717, 1.165) is 24.8 Å². The summed E-state index contributed by atoms with van der Waals surface area (Å²) in [7, 11) is 0. The van der Waals surface area contributed by atoms with Crippen LogP contribution in [-0.2, 0) is 9.59 Å². The minimum absolute atomic E-state index is 0.199. The van der Waals surface area contributed by atoms with Crippen molar-refractivity contribution in [3.63, 3.8) is 0 Å². The SMILES string of the molecule is CCCC(CC)c1c(OC(C)=O)cccc1OC(C)=O. The van der Waals surface area contributed by atoms with Gasteiger partial charge in [-0.3, -0.25) is 9.59 Å². The molecule has 0 fully saturated rings. The van der Waals surface area contributed by atoms with Gasteiger partial charge in [-0.15, -0.1) is 0 Å². The van der Waals surface area contributed by atoms with Crippen molar-refractivity contribution in [2.45, 2.75) is 52.9 Å². The minimum atomic E-state index is -0.377. The van der Waals surface area contributed by atoms with E-state index in [1.807, 2.05) is 0 Å². The van der Waals surface area contributed by atoms with Gasteiger partial charge in [-0.05, 0) is 30.9 Å². The highest BCUT2D eigenvalue weighted by atomic mass is 16.5. The first kappa shape index (κ1) is 16.2. The van der Waals surface area contributed by atoms with Crippen LogP contribution in [0.2, 0.25) is 0 Å². The summed E-state index contributed by atoms with van der Waals surface area (Å²) in [5.74, 6) is 0.410. The molecule has 0 saturated carbocycles. The predicted octanol–water partition coefficient (Wildman–Crippen LogP) is 3.83. The highest BCUT2D eigenvalue weighted by Gasteiger charge is 2.21. The van der Waals surface area contributed by atoms with E-state index < -0.39 is 0 Å². The molecule has 0 aliphatic heterocycles. The average Bonchev–Trinajstić information content (AvgIpc) is 2.35. The van der Waals surface area contributed by atoms with Crippen molar-refractivity contribution < 1.29 is 19.1 Å². The minimum Gasteiger partial charge on any atom is -0.426 e. The van der Waals surface area contributed by atoms with Crippen molar-refractivity contribution in [1.82, 2.24) is 0 Å². The van der Waals surface area contributed by atoms with E-state index >= 15 is 0 Å². The van der Waals surface area contributed by atoms with E-state index in [9.17, 15) is 9.59 Å². The lowest BCUT2D eigenvalue weighted by molar-refractivity contribution is -0.132. The van der Waals surface area contributed by atoms with Crippen molar-refractivity contribution >= 4 is 11.9 Å². The van der Waals surface area contributed by atoms with Crippen LogP contribution in [0.5, 0.6) is 11.5 Å². The molecule has 1 aromatic carbocycles. The number of esters is 2. The second-order valence-corrected chi connectivity index (χ2v) is 4.75. The van der Waals surface area contributed by atoms with E-state index in [4.69, 9.17) is 9.47 Å². The third-order valence-electron chi connectivity index (χ3n) is 3.07. The lowest BCUT2D eigenvalue weighted by Gasteiger charge is -2.20. The first-order valence-electron chi connectivity index (χ1n) is 6.99. The monoisotopic (exact) mass is 278 g/mol. The van der Waals surface area contributed by atoms with Crippen LogP contribution in [0.25, 0.3) is 0 Å². The fourth-order valence-corrected chi connectivity index (χ4v) is 2.31. The van der Waals surface area contributed by atoms with Crippen LogP contribution < -0.4 is 9.47 Å². The lowest BCUT2D eigenvalue weighted by atomic mass is 9.90. The molecule has 0 saturated heterocycles. The highest BCUT2D eigenvalue weighted by molar-refractivity contribution is 5.72. The number of ether oxygens (including phenoxy) is 2. The molecule has 1 rings (SSSR count). The maximum Gasteiger partial charge on any atom is 0.308 e. The number of carbonyl (C=O) groups is 2. The standard InChI is InChI=1S/C16H22O4/c1-5-8-13(6-2)16-14(19-11(3)17)9-7-10-15(16)20-12(4)18/h7,9-10,13H,5-6,8H2,1-4H3. The summed E-state index contributed by atoms with van der Waals surface area (Å²) in [5, 5.41) is 0. The van der Waals surface area contributed by atoms with E-state index in [-0.39, 0.29) is 17.9 Å². The Hall–Kier alpha value is -1.84. The van der Waals surface area contributed by atoms with Gasteiger partial charge in [0.05, 0.1) is 0 Å². The third-order valence-corrected chi connectivity index (χ3v) is 3.07. The van der Waals surface area contributed by atoms with Crippen LogP contribution in [0.15, 0.2) is 18.2 Å². The molecule has 110 valence electrons. The van der Waals surface area contributed by atoms with E-state index in [1.54, 1.807) is 18.2 Å². The molecule has 0 aliphatic rings. The average molecular weight is 278 g/mol. The first-order valence-corrected chi connectivity index (χ1v) is 6.99. The summed E-state index contributed by atoms with van der Waals surface area (Å²) in [6.45, 7) is 6.90. The van der Waals surface area contributed by atoms with Gasteiger partial charge < -0.3 is 9.47 Å². The summed E-state index contributed by atoms with van der Waals surface area (Å²) < 4.78 is 10.5. The van der Waals surface area contributed by atoms with Gasteiger partial charge in [0.2, 0.25) is 0 Å². The molecule has 4 heteroatoms. The van der Waals surface area contributed by atoms with E-state index in [1.165, 1.54) is 13.8 Å². The van der Waals surface area contributed by atoms with Gasteiger partial charge in [0.15, 0.2) is 0 Å². The molecule has 20 heavy (non-hydrogen) atoms. The van der Waals surface area contributed by atoms with Gasteiger partial charge in [-0.2, -0.15) is 0 Å². The predicted molar refractivity (Wildman–Crippen MR) is 77.0 cm³/mol. The topological polar surface area (TPSA) is 52.6 Å². The molecule has 1 aromatic rings. The fourth-order valence-electron chi connectivity index (χ4n) is 2.31. The maximum absolute atomic E-state index is 11.2. The molecule has 1 atom stereocenters. The van der Waals surface area contributed by atoms with E-state index in [2.05, 4.69) is 13.8 Å². The summed E-state index contributed by atoms with van der Waals surface area (Å²) in [6.07, 6.45) is 2.84. The van der Waals surface area contributed by atoms with Crippen molar-refractivity contribution in [3.05, 3.63) is 23.8 Å². The van der Waals surface area contributed by atoms with Gasteiger partial charge in [0, 0.05) is 19.4 Å². The molecule has 0 heterocycles. The molecule has 0 aliphatic carbocycles. The Labute approximate surface area is 120 Å². The second-order valence-electron chi connectivity index (χ2n) is 4.75. The maximum atomic E-state index is 11.2.